The third-order valence-electron chi connectivity index (χ3n) is 2.95. The molecule has 0 saturated heterocycles. The molecule has 0 saturated carbocycles. The molecule has 2 aromatic rings. The van der Waals surface area contributed by atoms with E-state index in [1.165, 1.54) is 0 Å². The first-order chi connectivity index (χ1) is 8.66. The minimum Gasteiger partial charge on any atom is -0.321 e. The topological polar surface area (TPSA) is 29.1 Å². The van der Waals surface area contributed by atoms with Crippen LogP contribution in [-0.2, 0) is 0 Å². The molecule has 1 N–H and O–H groups in total. The molecule has 0 atom stereocenters. The Morgan fingerprint density at radius 3 is 2.72 bits per heavy atom. The number of rotatable bonds is 0. The standard InChI is InChI=1S/C14H10BrNOS/c1-8-10(15)6-7-12-13(8)16-14(17)9-4-2-3-5-11(9)18-12/h2-7H,1H3,(H,16,17). The first kappa shape index (κ1) is 11.8. The fourth-order valence-electron chi connectivity index (χ4n) is 1.94. The SMILES string of the molecule is Cc1c(Br)ccc2c1NC(=O)c1ccccc1S2. The van der Waals surface area contributed by atoms with Gasteiger partial charge in [0.2, 0.25) is 0 Å². The van der Waals surface area contributed by atoms with Crippen LogP contribution >= 0.6 is 27.7 Å². The van der Waals surface area contributed by atoms with Gasteiger partial charge in [-0.2, -0.15) is 0 Å². The van der Waals surface area contributed by atoms with Crippen LogP contribution in [0.1, 0.15) is 15.9 Å². The van der Waals surface area contributed by atoms with Gasteiger partial charge in [0.15, 0.2) is 0 Å². The van der Waals surface area contributed by atoms with E-state index in [4.69, 9.17) is 0 Å². The molecule has 18 heavy (non-hydrogen) atoms. The van der Waals surface area contributed by atoms with Crippen molar-refractivity contribution in [2.45, 2.75) is 16.7 Å². The third-order valence-corrected chi connectivity index (χ3v) is 4.95. The summed E-state index contributed by atoms with van der Waals surface area (Å²) in [7, 11) is 0. The normalized spacial score (nSPS) is 13.3. The maximum absolute atomic E-state index is 12.2. The Morgan fingerprint density at radius 2 is 1.89 bits per heavy atom. The van der Waals surface area contributed by atoms with Gasteiger partial charge in [-0.3, -0.25) is 4.79 Å². The predicted molar refractivity (Wildman–Crippen MR) is 77.4 cm³/mol. The highest BCUT2D eigenvalue weighted by molar-refractivity contribution is 9.10. The Hall–Kier alpha value is -1.26. The van der Waals surface area contributed by atoms with E-state index in [0.29, 0.717) is 0 Å². The number of fused-ring (bicyclic) bond motifs is 2. The van der Waals surface area contributed by atoms with Crippen molar-refractivity contribution >= 4 is 39.3 Å². The van der Waals surface area contributed by atoms with Crippen LogP contribution in [-0.4, -0.2) is 5.91 Å². The van der Waals surface area contributed by atoms with Gasteiger partial charge < -0.3 is 5.32 Å². The van der Waals surface area contributed by atoms with Gasteiger partial charge in [-0.1, -0.05) is 39.8 Å². The summed E-state index contributed by atoms with van der Waals surface area (Å²) in [5, 5.41) is 3.00. The molecule has 1 heterocycles. The highest BCUT2D eigenvalue weighted by Crippen LogP contribution is 2.41. The fourth-order valence-corrected chi connectivity index (χ4v) is 3.37. The van der Waals surface area contributed by atoms with Crippen molar-refractivity contribution in [1.29, 1.82) is 0 Å². The first-order valence-corrected chi connectivity index (χ1v) is 7.15. The number of benzene rings is 2. The molecule has 90 valence electrons. The minimum atomic E-state index is -0.0435. The molecule has 0 aromatic heterocycles. The second-order valence-electron chi connectivity index (χ2n) is 4.10. The minimum absolute atomic E-state index is 0.0435. The molecular weight excluding hydrogens is 310 g/mol. The van der Waals surface area contributed by atoms with Crippen LogP contribution in [0.2, 0.25) is 0 Å². The average Bonchev–Trinajstić information content (AvgIpc) is 2.52. The first-order valence-electron chi connectivity index (χ1n) is 5.54. The zero-order valence-corrected chi connectivity index (χ0v) is 12.1. The smallest absolute Gasteiger partial charge is 0.256 e. The van der Waals surface area contributed by atoms with Gasteiger partial charge in [-0.15, -0.1) is 0 Å². The maximum Gasteiger partial charge on any atom is 0.256 e. The van der Waals surface area contributed by atoms with E-state index in [0.717, 1.165) is 31.1 Å². The van der Waals surface area contributed by atoms with Gasteiger partial charge in [0.25, 0.3) is 5.91 Å². The molecule has 0 fully saturated rings. The Morgan fingerprint density at radius 1 is 1.11 bits per heavy atom. The fraction of sp³-hybridized carbons (Fsp3) is 0.0714. The molecule has 0 bridgehead atoms. The lowest BCUT2D eigenvalue weighted by atomic mass is 10.1. The van der Waals surface area contributed by atoms with Gasteiger partial charge >= 0.3 is 0 Å². The van der Waals surface area contributed by atoms with Crippen molar-refractivity contribution in [3.05, 3.63) is 52.0 Å². The van der Waals surface area contributed by atoms with Crippen molar-refractivity contribution in [2.24, 2.45) is 0 Å². The van der Waals surface area contributed by atoms with E-state index in [9.17, 15) is 4.79 Å². The zero-order chi connectivity index (χ0) is 12.7. The molecule has 1 aliphatic heterocycles. The van der Waals surface area contributed by atoms with Gasteiger partial charge in [0.1, 0.15) is 0 Å². The molecular formula is C14H10BrNOS. The summed E-state index contributed by atoms with van der Waals surface area (Å²) in [6.45, 7) is 2.00. The number of carbonyl (C=O) groups excluding carboxylic acids is 1. The number of halogens is 1. The van der Waals surface area contributed by atoms with Crippen molar-refractivity contribution < 1.29 is 4.79 Å². The van der Waals surface area contributed by atoms with E-state index >= 15 is 0 Å². The Bertz CT molecular complexity index is 654. The van der Waals surface area contributed by atoms with E-state index < -0.39 is 0 Å². The second-order valence-corrected chi connectivity index (χ2v) is 6.04. The summed E-state index contributed by atoms with van der Waals surface area (Å²) >= 11 is 5.12. The molecule has 3 rings (SSSR count). The largest absolute Gasteiger partial charge is 0.321 e. The molecule has 0 aliphatic carbocycles. The summed E-state index contributed by atoms with van der Waals surface area (Å²) in [6, 6.07) is 11.7. The lowest BCUT2D eigenvalue weighted by Crippen LogP contribution is -2.12. The molecule has 0 radical (unpaired) electrons. The monoisotopic (exact) mass is 319 g/mol. The number of anilines is 1. The van der Waals surface area contributed by atoms with E-state index in [1.54, 1.807) is 11.8 Å². The van der Waals surface area contributed by atoms with Crippen LogP contribution in [0, 0.1) is 6.92 Å². The molecule has 1 aliphatic rings. The average molecular weight is 320 g/mol. The zero-order valence-electron chi connectivity index (χ0n) is 9.66. The summed E-state index contributed by atoms with van der Waals surface area (Å²) in [4.78, 5) is 14.3. The van der Waals surface area contributed by atoms with Gasteiger partial charge in [-0.05, 0) is 36.8 Å². The summed E-state index contributed by atoms with van der Waals surface area (Å²) in [5.41, 5.74) is 2.69. The number of carbonyl (C=O) groups is 1. The van der Waals surface area contributed by atoms with E-state index in [1.807, 2.05) is 43.3 Å². The number of amides is 1. The molecule has 2 aromatic carbocycles. The van der Waals surface area contributed by atoms with Crippen LogP contribution in [0.5, 0.6) is 0 Å². The molecule has 2 nitrogen and oxygen atoms in total. The Labute approximate surface area is 118 Å². The number of nitrogens with one attached hydrogen (secondary N) is 1. The van der Waals surface area contributed by atoms with E-state index in [-0.39, 0.29) is 5.91 Å². The molecule has 0 spiro atoms. The highest BCUT2D eigenvalue weighted by atomic mass is 79.9. The van der Waals surface area contributed by atoms with Crippen molar-refractivity contribution in [2.75, 3.05) is 5.32 Å². The molecule has 1 amide bonds. The highest BCUT2D eigenvalue weighted by Gasteiger charge is 2.21. The summed E-state index contributed by atoms with van der Waals surface area (Å²) in [5.74, 6) is -0.0435. The van der Waals surface area contributed by atoms with Crippen LogP contribution in [0.25, 0.3) is 0 Å². The molecule has 4 heteroatoms. The van der Waals surface area contributed by atoms with Crippen LogP contribution in [0.3, 0.4) is 0 Å². The Kier molecular flexibility index (Phi) is 2.92. The Balaban J connectivity index is 2.21. The molecule has 0 unspecified atom stereocenters. The third kappa shape index (κ3) is 1.85. The number of hydrogen-bond acceptors (Lipinski definition) is 2. The van der Waals surface area contributed by atoms with Crippen LogP contribution < -0.4 is 5.32 Å². The van der Waals surface area contributed by atoms with Crippen LogP contribution in [0.15, 0.2) is 50.7 Å². The van der Waals surface area contributed by atoms with Gasteiger partial charge in [0, 0.05) is 14.3 Å². The van der Waals surface area contributed by atoms with Crippen molar-refractivity contribution in [3.63, 3.8) is 0 Å². The lowest BCUT2D eigenvalue weighted by molar-refractivity contribution is 0.102. The summed E-state index contributed by atoms with van der Waals surface area (Å²) in [6.07, 6.45) is 0. The number of hydrogen-bond donors (Lipinski definition) is 1. The van der Waals surface area contributed by atoms with Crippen LogP contribution in [0.4, 0.5) is 5.69 Å². The van der Waals surface area contributed by atoms with Gasteiger partial charge in [0.05, 0.1) is 11.3 Å². The predicted octanol–water partition coefficient (Wildman–Crippen LogP) is 4.47. The van der Waals surface area contributed by atoms with Gasteiger partial charge in [-0.25, -0.2) is 0 Å². The van der Waals surface area contributed by atoms with Crippen molar-refractivity contribution in [3.8, 4) is 0 Å². The van der Waals surface area contributed by atoms with E-state index in [2.05, 4.69) is 21.2 Å². The van der Waals surface area contributed by atoms with Crippen molar-refractivity contribution in [1.82, 2.24) is 0 Å². The lowest BCUT2D eigenvalue weighted by Gasteiger charge is -2.10. The maximum atomic E-state index is 12.2. The second kappa shape index (κ2) is 4.44. The quantitative estimate of drug-likeness (QED) is 0.776. The summed E-state index contributed by atoms with van der Waals surface area (Å²) < 4.78 is 1.01.